The molecule has 0 aromatic carbocycles. The molecule has 2 N–H and O–H groups in total. The second kappa shape index (κ2) is 8.61. The van der Waals surface area contributed by atoms with E-state index in [1.54, 1.807) is 6.92 Å². The molecular weight excluding hydrogens is 456 g/mol. The number of aliphatic hydroxyl groups excluding tert-OH is 1. The van der Waals surface area contributed by atoms with E-state index in [0.717, 1.165) is 24.8 Å². The second-order valence-corrected chi connectivity index (χ2v) is 13.7. The van der Waals surface area contributed by atoms with Crippen molar-refractivity contribution in [1.82, 2.24) is 0 Å². The van der Waals surface area contributed by atoms with Crippen LogP contribution in [-0.2, 0) is 19.2 Å². The van der Waals surface area contributed by atoms with Gasteiger partial charge in [0.25, 0.3) is 0 Å². The predicted octanol–water partition coefficient (Wildman–Crippen LogP) is 5.16. The molecule has 2 saturated carbocycles. The van der Waals surface area contributed by atoms with Crippen LogP contribution in [0, 0.1) is 45.3 Å². The third-order valence-corrected chi connectivity index (χ3v) is 11.6. The summed E-state index contributed by atoms with van der Waals surface area (Å²) in [6.07, 6.45) is 3.39. The van der Waals surface area contributed by atoms with Crippen LogP contribution >= 0.6 is 0 Å². The highest BCUT2D eigenvalue weighted by atomic mass is 16.4. The van der Waals surface area contributed by atoms with Crippen molar-refractivity contribution in [2.45, 2.75) is 106 Å². The summed E-state index contributed by atoms with van der Waals surface area (Å²) in [6, 6.07) is 0. The van der Waals surface area contributed by atoms with E-state index in [1.165, 1.54) is 5.57 Å². The van der Waals surface area contributed by atoms with E-state index in [0.29, 0.717) is 19.3 Å². The van der Waals surface area contributed by atoms with Crippen LogP contribution in [0.2, 0.25) is 0 Å². The number of carboxylic acids is 1. The standard InChI is InChI=1S/C30H44O6/c1-16(12-18(31)13-17(2)26(35)36)20-14-24(34)30(7)25-19(8-11-29(20,30)6)28(5)10-9-23(33)27(3,4)22(28)15-21(25)32/h16-17,20,22,24,34H,8-15H2,1-7H3,(H,35,36)/t16-,17+,20-,22+,24-,28-,29-,30+/m1/s1. The summed E-state index contributed by atoms with van der Waals surface area (Å²) < 4.78 is 0. The molecule has 0 bridgehead atoms. The average molecular weight is 501 g/mol. The van der Waals surface area contributed by atoms with E-state index in [9.17, 15) is 29.4 Å². The molecule has 0 aromatic rings. The Bertz CT molecular complexity index is 1040. The zero-order chi connectivity index (χ0) is 27.0. The normalized spacial score (nSPS) is 41.3. The zero-order valence-corrected chi connectivity index (χ0v) is 23.1. The fourth-order valence-electron chi connectivity index (χ4n) is 9.11. The van der Waals surface area contributed by atoms with Gasteiger partial charge >= 0.3 is 5.97 Å². The van der Waals surface area contributed by atoms with E-state index >= 15 is 0 Å². The minimum Gasteiger partial charge on any atom is -0.481 e. The third kappa shape index (κ3) is 3.60. The first-order chi connectivity index (χ1) is 16.5. The molecular formula is C30H44O6. The molecule has 4 aliphatic carbocycles. The van der Waals surface area contributed by atoms with Gasteiger partial charge in [0.05, 0.1) is 12.0 Å². The molecule has 0 unspecified atom stereocenters. The van der Waals surface area contributed by atoms with Gasteiger partial charge in [-0.25, -0.2) is 0 Å². The van der Waals surface area contributed by atoms with Gasteiger partial charge in [0.15, 0.2) is 5.78 Å². The first-order valence-electron chi connectivity index (χ1n) is 13.7. The number of aliphatic hydroxyl groups is 1. The maximum absolute atomic E-state index is 13.9. The minimum absolute atomic E-state index is 0.0182. The van der Waals surface area contributed by atoms with Crippen LogP contribution < -0.4 is 0 Å². The number of carbonyl (C=O) groups is 4. The quantitative estimate of drug-likeness (QED) is 0.521. The molecule has 36 heavy (non-hydrogen) atoms. The molecule has 6 heteroatoms. The van der Waals surface area contributed by atoms with Crippen LogP contribution in [-0.4, -0.2) is 39.6 Å². The molecule has 8 atom stereocenters. The first-order valence-corrected chi connectivity index (χ1v) is 13.7. The van der Waals surface area contributed by atoms with E-state index in [4.69, 9.17) is 0 Å². The van der Waals surface area contributed by atoms with Gasteiger partial charge in [0.1, 0.15) is 11.6 Å². The predicted molar refractivity (Wildman–Crippen MR) is 136 cm³/mol. The summed E-state index contributed by atoms with van der Waals surface area (Å²) >= 11 is 0. The van der Waals surface area contributed by atoms with Crippen molar-refractivity contribution in [2.75, 3.05) is 0 Å². The van der Waals surface area contributed by atoms with Gasteiger partial charge in [-0.1, -0.05) is 54.0 Å². The molecule has 4 aliphatic rings. The van der Waals surface area contributed by atoms with Crippen molar-refractivity contribution < 1.29 is 29.4 Å². The lowest BCUT2D eigenvalue weighted by Gasteiger charge is -2.60. The van der Waals surface area contributed by atoms with Crippen LogP contribution in [0.5, 0.6) is 0 Å². The highest BCUT2D eigenvalue weighted by Crippen LogP contribution is 2.71. The molecule has 0 spiro atoms. The zero-order valence-electron chi connectivity index (χ0n) is 23.1. The highest BCUT2D eigenvalue weighted by Gasteiger charge is 2.68. The Morgan fingerprint density at radius 1 is 1.00 bits per heavy atom. The van der Waals surface area contributed by atoms with Crippen LogP contribution in [0.25, 0.3) is 0 Å². The molecule has 0 saturated heterocycles. The number of carbonyl (C=O) groups excluding carboxylic acids is 3. The molecule has 0 heterocycles. The number of Topliss-reactive ketones (excluding diaryl/α,β-unsaturated/α-hetero) is 3. The van der Waals surface area contributed by atoms with Gasteiger partial charge in [0, 0.05) is 42.1 Å². The van der Waals surface area contributed by atoms with Gasteiger partial charge in [-0.2, -0.15) is 0 Å². The Hall–Kier alpha value is -1.82. The molecule has 0 aliphatic heterocycles. The molecule has 0 amide bonds. The van der Waals surface area contributed by atoms with Crippen LogP contribution in [0.4, 0.5) is 0 Å². The SMILES string of the molecule is C[C@H](CC(=O)C[C@H](C)C(=O)O)[C@H]1C[C@@H](O)[C@@]2(C)C3=C(CC[C@]12C)[C@@]1(C)CCC(=O)C(C)(C)[C@@H]1CC3=O. The van der Waals surface area contributed by atoms with Crippen LogP contribution in [0.15, 0.2) is 11.1 Å². The Kier molecular flexibility index (Phi) is 6.51. The Morgan fingerprint density at radius 3 is 2.25 bits per heavy atom. The molecule has 4 rings (SSSR count). The van der Waals surface area contributed by atoms with E-state index in [1.807, 2.05) is 20.8 Å². The summed E-state index contributed by atoms with van der Waals surface area (Å²) in [4.78, 5) is 50.6. The summed E-state index contributed by atoms with van der Waals surface area (Å²) in [5, 5.41) is 20.8. The summed E-state index contributed by atoms with van der Waals surface area (Å²) in [5.74, 6) is -1.39. The summed E-state index contributed by atoms with van der Waals surface area (Å²) in [5.41, 5.74) is 0.172. The lowest BCUT2D eigenvalue weighted by molar-refractivity contribution is -0.143. The number of aliphatic carboxylic acids is 1. The van der Waals surface area contributed by atoms with Gasteiger partial charge in [0.2, 0.25) is 0 Å². The topological polar surface area (TPSA) is 109 Å². The van der Waals surface area contributed by atoms with Crippen LogP contribution in [0.3, 0.4) is 0 Å². The Balaban J connectivity index is 1.69. The highest BCUT2D eigenvalue weighted by molar-refractivity contribution is 6.01. The minimum atomic E-state index is -0.964. The molecule has 200 valence electrons. The summed E-state index contributed by atoms with van der Waals surface area (Å²) in [7, 11) is 0. The molecule has 0 aromatic heterocycles. The second-order valence-electron chi connectivity index (χ2n) is 13.7. The van der Waals surface area contributed by atoms with Crippen molar-refractivity contribution in [1.29, 1.82) is 0 Å². The maximum atomic E-state index is 13.9. The van der Waals surface area contributed by atoms with Crippen molar-refractivity contribution in [3.05, 3.63) is 11.1 Å². The van der Waals surface area contributed by atoms with Gasteiger partial charge in [-0.15, -0.1) is 0 Å². The van der Waals surface area contributed by atoms with Crippen molar-refractivity contribution in [3.8, 4) is 0 Å². The number of hydrogen-bond acceptors (Lipinski definition) is 5. The van der Waals surface area contributed by atoms with E-state index in [2.05, 4.69) is 20.8 Å². The lowest BCUT2D eigenvalue weighted by Crippen LogP contribution is -2.57. The largest absolute Gasteiger partial charge is 0.481 e. The number of rotatable bonds is 6. The Morgan fingerprint density at radius 2 is 1.64 bits per heavy atom. The molecule has 6 nitrogen and oxygen atoms in total. The van der Waals surface area contributed by atoms with Gasteiger partial charge in [-0.3, -0.25) is 19.2 Å². The van der Waals surface area contributed by atoms with Gasteiger partial charge < -0.3 is 10.2 Å². The van der Waals surface area contributed by atoms with Crippen molar-refractivity contribution in [3.63, 3.8) is 0 Å². The number of ketones is 3. The lowest BCUT2D eigenvalue weighted by atomic mass is 9.43. The monoisotopic (exact) mass is 500 g/mol. The number of allylic oxidation sites excluding steroid dienone is 1. The fraction of sp³-hybridized carbons (Fsp3) is 0.800. The van der Waals surface area contributed by atoms with E-state index in [-0.39, 0.29) is 58.8 Å². The van der Waals surface area contributed by atoms with Crippen molar-refractivity contribution in [2.24, 2.45) is 45.3 Å². The average Bonchev–Trinajstić information content (AvgIpc) is 2.99. The number of carboxylic acid groups (broad SMARTS) is 1. The fourth-order valence-corrected chi connectivity index (χ4v) is 9.11. The first kappa shape index (κ1) is 27.2. The third-order valence-electron chi connectivity index (χ3n) is 11.6. The Labute approximate surface area is 215 Å². The number of fused-ring (bicyclic) bond motifs is 4. The summed E-state index contributed by atoms with van der Waals surface area (Å²) in [6.45, 7) is 14.1. The van der Waals surface area contributed by atoms with E-state index < -0.39 is 28.8 Å². The van der Waals surface area contributed by atoms with Crippen LogP contribution in [0.1, 0.15) is 99.8 Å². The number of hydrogen-bond donors (Lipinski definition) is 2. The molecule has 2 fully saturated rings. The maximum Gasteiger partial charge on any atom is 0.306 e. The van der Waals surface area contributed by atoms with Gasteiger partial charge in [-0.05, 0) is 54.3 Å². The van der Waals surface area contributed by atoms with Crippen molar-refractivity contribution >= 4 is 23.3 Å². The smallest absolute Gasteiger partial charge is 0.306 e. The molecule has 0 radical (unpaired) electrons.